The SMILES string of the molecule is CC(C)CN1C(=O)[C@H](CC(=O)Nc2ccccc2F)SC1=Nc1ccc(F)cc1. The quantitative estimate of drug-likeness (QED) is 0.748. The van der Waals surface area contributed by atoms with Crippen LogP contribution in [0.4, 0.5) is 20.2 Å². The van der Waals surface area contributed by atoms with Crippen molar-refractivity contribution < 1.29 is 18.4 Å². The van der Waals surface area contributed by atoms with E-state index in [-0.39, 0.29) is 29.8 Å². The predicted molar refractivity (Wildman–Crippen MR) is 111 cm³/mol. The van der Waals surface area contributed by atoms with Gasteiger partial charge in [0.1, 0.15) is 16.9 Å². The largest absolute Gasteiger partial charge is 0.324 e. The molecule has 0 unspecified atom stereocenters. The Balaban J connectivity index is 1.76. The molecule has 3 rings (SSSR count). The maximum atomic E-state index is 13.7. The lowest BCUT2D eigenvalue weighted by Gasteiger charge is -2.18. The van der Waals surface area contributed by atoms with Gasteiger partial charge in [0.05, 0.1) is 11.4 Å². The third-order valence-electron chi connectivity index (χ3n) is 4.14. The molecule has 2 aromatic carbocycles. The van der Waals surface area contributed by atoms with Crippen LogP contribution in [0.2, 0.25) is 0 Å². The van der Waals surface area contributed by atoms with Gasteiger partial charge in [0, 0.05) is 13.0 Å². The number of amides is 2. The van der Waals surface area contributed by atoms with E-state index in [2.05, 4.69) is 10.3 Å². The Morgan fingerprint density at radius 3 is 2.52 bits per heavy atom. The Bertz CT molecular complexity index is 932. The normalized spacial score (nSPS) is 18.0. The Labute approximate surface area is 172 Å². The zero-order chi connectivity index (χ0) is 21.0. The molecule has 2 aromatic rings. The highest BCUT2D eigenvalue weighted by Crippen LogP contribution is 2.32. The summed E-state index contributed by atoms with van der Waals surface area (Å²) >= 11 is 1.19. The minimum Gasteiger partial charge on any atom is -0.324 e. The van der Waals surface area contributed by atoms with E-state index in [0.29, 0.717) is 17.4 Å². The van der Waals surface area contributed by atoms with Gasteiger partial charge in [-0.15, -0.1) is 0 Å². The van der Waals surface area contributed by atoms with E-state index in [1.54, 1.807) is 11.0 Å². The maximum absolute atomic E-state index is 13.7. The zero-order valence-electron chi connectivity index (χ0n) is 16.1. The molecule has 1 atom stereocenters. The van der Waals surface area contributed by atoms with E-state index in [4.69, 9.17) is 0 Å². The van der Waals surface area contributed by atoms with E-state index in [0.717, 1.165) is 0 Å². The first-order valence-corrected chi connectivity index (χ1v) is 10.1. The molecule has 29 heavy (non-hydrogen) atoms. The van der Waals surface area contributed by atoms with Crippen molar-refractivity contribution in [3.63, 3.8) is 0 Å². The molecule has 1 heterocycles. The molecule has 1 saturated heterocycles. The van der Waals surface area contributed by atoms with Crippen molar-refractivity contribution in [1.82, 2.24) is 4.90 Å². The van der Waals surface area contributed by atoms with Crippen molar-refractivity contribution in [1.29, 1.82) is 0 Å². The second-order valence-electron chi connectivity index (χ2n) is 7.05. The lowest BCUT2D eigenvalue weighted by molar-refractivity contribution is -0.128. The molecular weight excluding hydrogens is 396 g/mol. The number of anilines is 1. The van der Waals surface area contributed by atoms with Crippen LogP contribution in [0.1, 0.15) is 20.3 Å². The average Bonchev–Trinajstić information content (AvgIpc) is 2.94. The molecule has 0 aromatic heterocycles. The predicted octanol–water partition coefficient (Wildman–Crippen LogP) is 4.58. The smallest absolute Gasteiger partial charge is 0.242 e. The van der Waals surface area contributed by atoms with Gasteiger partial charge in [-0.25, -0.2) is 13.8 Å². The Kier molecular flexibility index (Phi) is 6.64. The molecule has 0 aliphatic carbocycles. The number of carbonyl (C=O) groups is 2. The summed E-state index contributed by atoms with van der Waals surface area (Å²) in [5.74, 6) is -1.37. The molecule has 1 aliphatic heterocycles. The highest BCUT2D eigenvalue weighted by Gasteiger charge is 2.39. The van der Waals surface area contributed by atoms with E-state index in [1.807, 2.05) is 13.8 Å². The standard InChI is InChI=1S/C21H21F2N3O2S/c1-13(2)12-26-20(28)18(11-19(27)25-17-6-4-3-5-16(17)23)29-21(26)24-15-9-7-14(22)8-10-15/h3-10,13,18H,11-12H2,1-2H3,(H,25,27)/t18-/m0/s1. The Hall–Kier alpha value is -2.74. The summed E-state index contributed by atoms with van der Waals surface area (Å²) in [4.78, 5) is 31.2. The summed E-state index contributed by atoms with van der Waals surface area (Å²) in [6.07, 6.45) is -0.102. The third-order valence-corrected chi connectivity index (χ3v) is 5.31. The number of halogens is 2. The minimum absolute atomic E-state index is 0.0761. The molecule has 5 nitrogen and oxygen atoms in total. The van der Waals surface area contributed by atoms with Gasteiger partial charge in [-0.1, -0.05) is 37.7 Å². The first-order valence-electron chi connectivity index (χ1n) is 9.20. The van der Waals surface area contributed by atoms with Crippen LogP contribution in [-0.2, 0) is 9.59 Å². The number of thioether (sulfide) groups is 1. The fraction of sp³-hybridized carbons (Fsp3) is 0.286. The first kappa shape index (κ1) is 21.0. The Morgan fingerprint density at radius 1 is 1.17 bits per heavy atom. The second-order valence-corrected chi connectivity index (χ2v) is 8.22. The molecule has 1 N–H and O–H groups in total. The van der Waals surface area contributed by atoms with Gasteiger partial charge in [0.2, 0.25) is 11.8 Å². The van der Waals surface area contributed by atoms with Crippen LogP contribution in [-0.4, -0.2) is 33.7 Å². The van der Waals surface area contributed by atoms with Crippen molar-refractivity contribution in [3.8, 4) is 0 Å². The van der Waals surface area contributed by atoms with E-state index in [9.17, 15) is 18.4 Å². The minimum atomic E-state index is -0.653. The molecule has 0 radical (unpaired) electrons. The topological polar surface area (TPSA) is 61.8 Å². The van der Waals surface area contributed by atoms with Crippen LogP contribution in [0.25, 0.3) is 0 Å². The van der Waals surface area contributed by atoms with E-state index < -0.39 is 17.0 Å². The van der Waals surface area contributed by atoms with Gasteiger partial charge < -0.3 is 5.32 Å². The third kappa shape index (κ3) is 5.41. The van der Waals surface area contributed by atoms with Crippen molar-refractivity contribution in [2.45, 2.75) is 25.5 Å². The summed E-state index contributed by atoms with van der Waals surface area (Å²) in [6, 6.07) is 11.5. The molecule has 8 heteroatoms. The lowest BCUT2D eigenvalue weighted by atomic mass is 10.2. The van der Waals surface area contributed by atoms with Crippen LogP contribution in [0.15, 0.2) is 53.5 Å². The monoisotopic (exact) mass is 417 g/mol. The van der Waals surface area contributed by atoms with Gasteiger partial charge in [-0.3, -0.25) is 14.5 Å². The first-order chi connectivity index (χ1) is 13.8. The molecule has 1 aliphatic rings. The van der Waals surface area contributed by atoms with Gasteiger partial charge in [-0.2, -0.15) is 0 Å². The van der Waals surface area contributed by atoms with Crippen LogP contribution in [0, 0.1) is 17.6 Å². The number of hydrogen-bond donors (Lipinski definition) is 1. The molecule has 1 fully saturated rings. The highest BCUT2D eigenvalue weighted by molar-refractivity contribution is 8.15. The number of benzene rings is 2. The number of nitrogens with one attached hydrogen (secondary N) is 1. The molecule has 0 saturated carbocycles. The number of aliphatic imine (C=N–C) groups is 1. The number of rotatable bonds is 6. The molecule has 152 valence electrons. The van der Waals surface area contributed by atoms with Crippen molar-refractivity contribution in [3.05, 3.63) is 60.2 Å². The number of hydrogen-bond acceptors (Lipinski definition) is 4. The van der Waals surface area contributed by atoms with Crippen molar-refractivity contribution in [2.24, 2.45) is 10.9 Å². The second kappa shape index (κ2) is 9.17. The fourth-order valence-corrected chi connectivity index (χ4v) is 3.98. The summed E-state index contributed by atoms with van der Waals surface area (Å²) in [7, 11) is 0. The highest BCUT2D eigenvalue weighted by atomic mass is 32.2. The summed E-state index contributed by atoms with van der Waals surface area (Å²) in [6.45, 7) is 4.41. The van der Waals surface area contributed by atoms with Crippen molar-refractivity contribution >= 4 is 40.1 Å². The van der Waals surface area contributed by atoms with Gasteiger partial charge in [0.15, 0.2) is 5.17 Å². The number of amidine groups is 1. The van der Waals surface area contributed by atoms with Gasteiger partial charge in [0.25, 0.3) is 0 Å². The number of nitrogens with zero attached hydrogens (tertiary/aromatic N) is 2. The maximum Gasteiger partial charge on any atom is 0.242 e. The molecular formula is C21H21F2N3O2S. The average molecular weight is 417 g/mol. The molecule has 0 bridgehead atoms. The van der Waals surface area contributed by atoms with E-state index >= 15 is 0 Å². The van der Waals surface area contributed by atoms with Crippen LogP contribution in [0.3, 0.4) is 0 Å². The van der Waals surface area contributed by atoms with Crippen molar-refractivity contribution in [2.75, 3.05) is 11.9 Å². The van der Waals surface area contributed by atoms with Crippen LogP contribution in [0.5, 0.6) is 0 Å². The zero-order valence-corrected chi connectivity index (χ0v) is 16.9. The molecule has 2 amide bonds. The molecule has 0 spiro atoms. The summed E-state index contributed by atoms with van der Waals surface area (Å²) in [5.41, 5.74) is 0.596. The summed E-state index contributed by atoms with van der Waals surface area (Å²) in [5, 5.41) is 2.32. The van der Waals surface area contributed by atoms with Crippen LogP contribution >= 0.6 is 11.8 Å². The number of para-hydroxylation sites is 1. The number of carbonyl (C=O) groups excluding carboxylic acids is 2. The van der Waals surface area contributed by atoms with Gasteiger partial charge >= 0.3 is 0 Å². The van der Waals surface area contributed by atoms with Crippen LogP contribution < -0.4 is 5.32 Å². The van der Waals surface area contributed by atoms with Gasteiger partial charge in [-0.05, 0) is 42.3 Å². The lowest BCUT2D eigenvalue weighted by Crippen LogP contribution is -2.36. The fourth-order valence-electron chi connectivity index (χ4n) is 2.82. The van der Waals surface area contributed by atoms with E-state index in [1.165, 1.54) is 54.2 Å². The summed E-state index contributed by atoms with van der Waals surface area (Å²) < 4.78 is 26.9. The Morgan fingerprint density at radius 2 is 1.86 bits per heavy atom.